The van der Waals surface area contributed by atoms with Crippen molar-refractivity contribution in [2.75, 3.05) is 59.3 Å². The first-order valence-corrected chi connectivity index (χ1v) is 27.7. The van der Waals surface area contributed by atoms with E-state index in [2.05, 4.69) is 36.7 Å². The number of pyridine rings is 1. The summed E-state index contributed by atoms with van der Waals surface area (Å²) in [6.07, 6.45) is 5.10. The van der Waals surface area contributed by atoms with Crippen molar-refractivity contribution in [2.45, 2.75) is 22.6 Å². The van der Waals surface area contributed by atoms with Crippen LogP contribution in [0.5, 0.6) is 11.5 Å². The molecule has 6 aromatic carbocycles. The van der Waals surface area contributed by atoms with E-state index in [-0.39, 0.29) is 32.6 Å². The maximum Gasteiger partial charge on any atom is 0.276 e. The number of para-hydroxylation sites is 2. The van der Waals surface area contributed by atoms with E-state index < -0.39 is 56.8 Å². The Morgan fingerprint density at radius 2 is 1.01 bits per heavy atom. The van der Waals surface area contributed by atoms with Crippen molar-refractivity contribution in [3.05, 3.63) is 197 Å². The van der Waals surface area contributed by atoms with E-state index in [1.165, 1.54) is 84.9 Å². The fraction of sp³-hybridized carbons (Fsp3) is 0.145. The predicted octanol–water partition coefficient (Wildman–Crippen LogP) is 7.45. The molecule has 0 aliphatic carbocycles. The highest BCUT2D eigenvalue weighted by Gasteiger charge is 2.31. The van der Waals surface area contributed by atoms with Gasteiger partial charge in [-0.2, -0.15) is 10.2 Å². The van der Waals surface area contributed by atoms with E-state index >= 15 is 0 Å². The van der Waals surface area contributed by atoms with E-state index in [0.717, 1.165) is 27.0 Å². The fourth-order valence-corrected chi connectivity index (χ4v) is 10.9. The van der Waals surface area contributed by atoms with Crippen LogP contribution < -0.4 is 39.6 Å². The second-order valence-electron chi connectivity index (χ2n) is 17.1. The Balaban J connectivity index is 0.000000210. The van der Waals surface area contributed by atoms with Crippen LogP contribution in [0.4, 0.5) is 22.7 Å². The van der Waals surface area contributed by atoms with Crippen LogP contribution in [-0.2, 0) is 50.4 Å². The number of ether oxygens (including phenoxy) is 3. The monoisotopic (exact) mass is 1150 g/mol. The molecule has 1 aromatic heterocycles. The van der Waals surface area contributed by atoms with Crippen molar-refractivity contribution < 1.29 is 50.2 Å². The number of nitrogens with one attached hydrogen (secondary N) is 4. The summed E-state index contributed by atoms with van der Waals surface area (Å²) in [6.45, 7) is -0.0581. The van der Waals surface area contributed by atoms with Gasteiger partial charge >= 0.3 is 0 Å². The number of hydrogen-bond acceptors (Lipinski definition) is 14. The second kappa shape index (κ2) is 26.1. The number of aromatic nitrogens is 1. The Morgan fingerprint density at radius 1 is 0.570 bits per heavy atom. The standard InChI is InChI=1S/C30H26ClN5O5S.C25H23ClN4O6S/c31-22-9-11-23(12-10-22)36(20-28(37)34-35-29-26-7-1-2-8-27(26)33-30(29)38)42(39,40)25-15-13-24(14-16-25)41-18-4-6-21-5-3-17-32-19-21;1-35-14-15-36-19-10-12-20(13-11-19)37(33,34)30(18-8-6-17(26)7-9-18)16-23(31)28-29-24-21-4-2-3-5-22(21)27-25(24)32/h1-3,5,7-17,19H,4,6,18,20H2,(H,34,37)(H,33,35,38);2-13H,14-16H2,1H3,(H,28,31)(H,27,29,32). The van der Waals surface area contributed by atoms with Crippen LogP contribution >= 0.6 is 23.2 Å². The van der Waals surface area contributed by atoms with E-state index in [0.29, 0.717) is 63.9 Å². The number of amides is 4. The van der Waals surface area contributed by atoms with Crippen molar-refractivity contribution >= 4 is 101 Å². The number of aryl methyl sites for hydroxylation is 1. The van der Waals surface area contributed by atoms with Gasteiger partial charge in [0.1, 0.15) is 31.2 Å². The summed E-state index contributed by atoms with van der Waals surface area (Å²) in [4.78, 5) is 54.3. The zero-order valence-corrected chi connectivity index (χ0v) is 45.1. The van der Waals surface area contributed by atoms with Crippen LogP contribution in [0, 0.1) is 0 Å². The number of benzene rings is 6. The molecule has 406 valence electrons. The number of methoxy groups -OCH3 is 1. The number of hydrogen-bond donors (Lipinski definition) is 4. The molecule has 0 saturated heterocycles. The minimum absolute atomic E-state index is 0.0221. The lowest BCUT2D eigenvalue weighted by Gasteiger charge is -2.24. The normalized spacial score (nSPS) is 13.5. The van der Waals surface area contributed by atoms with Gasteiger partial charge in [0.05, 0.1) is 45.8 Å². The van der Waals surface area contributed by atoms with Gasteiger partial charge in [0.15, 0.2) is 11.4 Å². The van der Waals surface area contributed by atoms with Crippen molar-refractivity contribution in [3.8, 4) is 11.5 Å². The first-order valence-electron chi connectivity index (χ1n) is 24.1. The van der Waals surface area contributed by atoms with Gasteiger partial charge in [-0.25, -0.2) is 27.7 Å². The van der Waals surface area contributed by atoms with Crippen LogP contribution in [0.25, 0.3) is 0 Å². The zero-order valence-electron chi connectivity index (χ0n) is 41.9. The third kappa shape index (κ3) is 14.5. The van der Waals surface area contributed by atoms with Crippen LogP contribution in [-0.4, -0.2) is 96.9 Å². The summed E-state index contributed by atoms with van der Waals surface area (Å²) in [5.41, 5.74) is 8.41. The zero-order chi connectivity index (χ0) is 55.9. The molecule has 0 spiro atoms. The average molecular weight is 1150 g/mol. The minimum atomic E-state index is -4.20. The number of rotatable bonds is 21. The molecule has 0 fully saturated rings. The van der Waals surface area contributed by atoms with Crippen molar-refractivity contribution in [2.24, 2.45) is 10.2 Å². The molecule has 0 radical (unpaired) electrons. The van der Waals surface area contributed by atoms with Crippen LogP contribution in [0.1, 0.15) is 23.1 Å². The largest absolute Gasteiger partial charge is 0.494 e. The second-order valence-corrected chi connectivity index (χ2v) is 21.7. The number of carbonyl (C=O) groups excluding carboxylic acids is 4. The number of carbonyl (C=O) groups is 4. The van der Waals surface area contributed by atoms with E-state index in [4.69, 9.17) is 37.4 Å². The third-order valence-corrected chi connectivity index (χ3v) is 15.7. The minimum Gasteiger partial charge on any atom is -0.494 e. The molecule has 24 heteroatoms. The molecule has 2 aliphatic rings. The Morgan fingerprint density at radius 3 is 1.44 bits per heavy atom. The molecular formula is C55H49Cl2N9O11S2. The van der Waals surface area contributed by atoms with Crippen molar-refractivity contribution in [1.82, 2.24) is 15.8 Å². The van der Waals surface area contributed by atoms with Crippen LogP contribution in [0.3, 0.4) is 0 Å². The quantitative estimate of drug-likeness (QED) is 0.0404. The lowest BCUT2D eigenvalue weighted by Crippen LogP contribution is -2.40. The number of halogens is 2. The summed E-state index contributed by atoms with van der Waals surface area (Å²) >= 11 is 12.0. The van der Waals surface area contributed by atoms with Gasteiger partial charge in [-0.15, -0.1) is 0 Å². The molecule has 0 bridgehead atoms. The van der Waals surface area contributed by atoms with Gasteiger partial charge < -0.3 is 24.8 Å². The highest BCUT2D eigenvalue weighted by Crippen LogP contribution is 2.29. The number of anilines is 4. The first-order chi connectivity index (χ1) is 38.1. The lowest BCUT2D eigenvalue weighted by atomic mass is 10.1. The molecule has 3 heterocycles. The Kier molecular flexibility index (Phi) is 18.7. The molecule has 4 N–H and O–H groups in total. The number of sulfonamides is 2. The highest BCUT2D eigenvalue weighted by molar-refractivity contribution is 7.93. The SMILES string of the molecule is COCCOc1ccc(S(=O)(=O)N(CC(=O)NN=C2C(=O)Nc3ccccc32)c2ccc(Cl)cc2)cc1.O=C(CN(c1ccc(Cl)cc1)S(=O)(=O)c1ccc(OCCCc2cccnc2)cc1)NN=C1C(=O)Nc2ccccc21. The van der Waals surface area contributed by atoms with E-state index in [1.54, 1.807) is 74.0 Å². The van der Waals surface area contributed by atoms with Gasteiger partial charge in [0.2, 0.25) is 0 Å². The van der Waals surface area contributed by atoms with Crippen molar-refractivity contribution in [3.63, 3.8) is 0 Å². The van der Waals surface area contributed by atoms with Gasteiger partial charge in [-0.1, -0.05) is 65.7 Å². The number of nitrogens with zero attached hydrogens (tertiary/aromatic N) is 5. The molecule has 0 saturated carbocycles. The lowest BCUT2D eigenvalue weighted by molar-refractivity contribution is -0.120. The van der Waals surface area contributed by atoms with Crippen LogP contribution in [0.15, 0.2) is 190 Å². The first kappa shape index (κ1) is 56.5. The molecule has 79 heavy (non-hydrogen) atoms. The van der Waals surface area contributed by atoms with Gasteiger partial charge in [0.25, 0.3) is 43.7 Å². The van der Waals surface area contributed by atoms with Crippen LogP contribution in [0.2, 0.25) is 10.0 Å². The number of hydrazone groups is 2. The van der Waals surface area contributed by atoms with Gasteiger partial charge in [-0.05, 0) is 134 Å². The topological polar surface area (TPSA) is 256 Å². The van der Waals surface area contributed by atoms with E-state index in [9.17, 15) is 36.0 Å². The molecule has 9 rings (SSSR count). The molecule has 20 nitrogen and oxygen atoms in total. The van der Waals surface area contributed by atoms with Gasteiger partial charge in [-0.3, -0.25) is 32.8 Å². The van der Waals surface area contributed by atoms with Gasteiger partial charge in [0, 0.05) is 40.7 Å². The number of fused-ring (bicyclic) bond motifs is 2. The Hall–Kier alpha value is -8.67. The molecular weight excluding hydrogens is 1100 g/mol. The summed E-state index contributed by atoms with van der Waals surface area (Å²) in [7, 11) is -6.83. The Bertz CT molecular complexity index is 3620. The van der Waals surface area contributed by atoms with E-state index in [1.807, 2.05) is 18.3 Å². The maximum absolute atomic E-state index is 13.7. The molecule has 7 aromatic rings. The average Bonchev–Trinajstić information content (AvgIpc) is 4.00. The summed E-state index contributed by atoms with van der Waals surface area (Å²) in [5.74, 6) is -1.45. The summed E-state index contributed by atoms with van der Waals surface area (Å²) < 4.78 is 72.6. The smallest absolute Gasteiger partial charge is 0.276 e. The Labute approximate surface area is 465 Å². The molecule has 0 atom stereocenters. The van der Waals surface area contributed by atoms with Crippen molar-refractivity contribution in [1.29, 1.82) is 0 Å². The molecule has 2 aliphatic heterocycles. The summed E-state index contributed by atoms with van der Waals surface area (Å²) in [5, 5.41) is 14.0. The third-order valence-electron chi connectivity index (χ3n) is 11.7. The fourth-order valence-electron chi connectivity index (χ4n) is 7.77. The summed E-state index contributed by atoms with van der Waals surface area (Å²) in [6, 6.07) is 41.5. The maximum atomic E-state index is 13.7. The highest BCUT2D eigenvalue weighted by atomic mass is 35.5. The molecule has 4 amide bonds. The molecule has 0 unspecified atom stereocenters. The predicted molar refractivity (Wildman–Crippen MR) is 300 cm³/mol.